The van der Waals surface area contributed by atoms with Gasteiger partial charge >= 0.3 is 0 Å². The van der Waals surface area contributed by atoms with Crippen molar-refractivity contribution < 1.29 is 4.39 Å². The fraction of sp³-hybridized carbons (Fsp3) is 0.611. The lowest BCUT2D eigenvalue weighted by atomic mass is 9.67. The van der Waals surface area contributed by atoms with Crippen LogP contribution in [-0.4, -0.2) is 5.54 Å². The van der Waals surface area contributed by atoms with Crippen LogP contribution in [0.4, 0.5) is 10.1 Å². The van der Waals surface area contributed by atoms with Gasteiger partial charge in [-0.3, -0.25) is 0 Å². The van der Waals surface area contributed by atoms with Crippen LogP contribution in [0.1, 0.15) is 56.9 Å². The van der Waals surface area contributed by atoms with E-state index in [0.717, 1.165) is 36.9 Å². The van der Waals surface area contributed by atoms with Gasteiger partial charge in [0.1, 0.15) is 11.4 Å². The van der Waals surface area contributed by atoms with Crippen molar-refractivity contribution in [2.45, 2.75) is 63.8 Å². The zero-order chi connectivity index (χ0) is 14.9. The molecule has 1 spiro atoms. The molecule has 3 heteroatoms. The van der Waals surface area contributed by atoms with Crippen molar-refractivity contribution in [3.8, 4) is 6.07 Å². The molecule has 2 saturated carbocycles. The minimum absolute atomic E-state index is 0.242. The van der Waals surface area contributed by atoms with E-state index < -0.39 is 5.54 Å². The van der Waals surface area contributed by atoms with Crippen LogP contribution in [0.15, 0.2) is 18.2 Å². The molecule has 2 aliphatic carbocycles. The Kier molecular flexibility index (Phi) is 3.65. The Bertz CT molecular complexity index is 537. The fourth-order valence-electron chi connectivity index (χ4n) is 4.18. The van der Waals surface area contributed by atoms with E-state index in [-0.39, 0.29) is 5.82 Å². The Balaban J connectivity index is 1.75. The van der Waals surface area contributed by atoms with E-state index in [9.17, 15) is 9.65 Å². The summed E-state index contributed by atoms with van der Waals surface area (Å²) in [5.74, 6) is -0.242. The molecule has 0 bridgehead atoms. The molecule has 2 aliphatic rings. The summed E-state index contributed by atoms with van der Waals surface area (Å²) in [7, 11) is 0. The van der Waals surface area contributed by atoms with Gasteiger partial charge in [-0.25, -0.2) is 4.39 Å². The summed E-state index contributed by atoms with van der Waals surface area (Å²) in [6.45, 7) is 1.88. The smallest absolute Gasteiger partial charge is 0.125 e. The van der Waals surface area contributed by atoms with Crippen molar-refractivity contribution in [3.63, 3.8) is 0 Å². The first-order valence-corrected chi connectivity index (χ1v) is 8.02. The highest BCUT2D eigenvalue weighted by Crippen LogP contribution is 2.51. The van der Waals surface area contributed by atoms with Crippen LogP contribution in [-0.2, 0) is 0 Å². The van der Waals surface area contributed by atoms with Crippen LogP contribution in [0, 0.1) is 29.5 Å². The molecule has 0 saturated heterocycles. The second kappa shape index (κ2) is 5.33. The Labute approximate surface area is 126 Å². The van der Waals surface area contributed by atoms with E-state index in [2.05, 4.69) is 11.4 Å². The summed E-state index contributed by atoms with van der Waals surface area (Å²) in [6, 6.07) is 7.40. The largest absolute Gasteiger partial charge is 0.367 e. The summed E-state index contributed by atoms with van der Waals surface area (Å²) in [4.78, 5) is 0. The van der Waals surface area contributed by atoms with E-state index >= 15 is 0 Å². The number of anilines is 1. The second-order valence-corrected chi connectivity index (χ2v) is 7.04. The highest BCUT2D eigenvalue weighted by molar-refractivity contribution is 5.50. The Morgan fingerprint density at radius 3 is 2.29 bits per heavy atom. The molecule has 1 N–H and O–H groups in total. The quantitative estimate of drug-likeness (QED) is 0.835. The summed E-state index contributed by atoms with van der Waals surface area (Å²) in [5.41, 5.74) is 1.60. The van der Waals surface area contributed by atoms with Gasteiger partial charge in [-0.15, -0.1) is 0 Å². The molecule has 112 valence electrons. The topological polar surface area (TPSA) is 35.8 Å². The summed E-state index contributed by atoms with van der Waals surface area (Å²) >= 11 is 0. The first-order chi connectivity index (χ1) is 10.0. The number of hydrogen-bond acceptors (Lipinski definition) is 2. The molecule has 1 aromatic carbocycles. The SMILES string of the molecule is Cc1cc(F)cc(NC2(C#N)CCC3(CCCC3)CC2)c1. The van der Waals surface area contributed by atoms with Gasteiger partial charge in [-0.1, -0.05) is 12.8 Å². The monoisotopic (exact) mass is 286 g/mol. The average molecular weight is 286 g/mol. The van der Waals surface area contributed by atoms with E-state index in [1.54, 1.807) is 0 Å². The number of hydrogen-bond donors (Lipinski definition) is 1. The van der Waals surface area contributed by atoms with Gasteiger partial charge in [0.2, 0.25) is 0 Å². The number of nitrogens with zero attached hydrogens (tertiary/aromatic N) is 1. The van der Waals surface area contributed by atoms with Crippen molar-refractivity contribution in [3.05, 3.63) is 29.6 Å². The zero-order valence-corrected chi connectivity index (χ0v) is 12.7. The summed E-state index contributed by atoms with van der Waals surface area (Å²) in [6.07, 6.45) is 9.34. The van der Waals surface area contributed by atoms with E-state index in [1.807, 2.05) is 13.0 Å². The average Bonchev–Trinajstić information content (AvgIpc) is 2.90. The maximum atomic E-state index is 13.5. The van der Waals surface area contributed by atoms with E-state index in [1.165, 1.54) is 37.8 Å². The highest BCUT2D eigenvalue weighted by Gasteiger charge is 2.44. The minimum Gasteiger partial charge on any atom is -0.367 e. The lowest BCUT2D eigenvalue weighted by Gasteiger charge is -2.42. The third-order valence-electron chi connectivity index (χ3n) is 5.47. The van der Waals surface area contributed by atoms with Gasteiger partial charge in [0.15, 0.2) is 0 Å². The number of nitrogens with one attached hydrogen (secondary N) is 1. The summed E-state index contributed by atoms with van der Waals surface area (Å²) in [5, 5.41) is 13.0. The molecule has 0 aromatic heterocycles. The lowest BCUT2D eigenvalue weighted by molar-refractivity contribution is 0.167. The maximum absolute atomic E-state index is 13.5. The molecule has 2 nitrogen and oxygen atoms in total. The highest BCUT2D eigenvalue weighted by atomic mass is 19.1. The van der Waals surface area contributed by atoms with E-state index in [0.29, 0.717) is 5.41 Å². The van der Waals surface area contributed by atoms with Crippen molar-refractivity contribution in [2.75, 3.05) is 5.32 Å². The lowest BCUT2D eigenvalue weighted by Crippen LogP contribution is -2.43. The predicted octanol–water partition coefficient (Wildman–Crippen LogP) is 4.94. The van der Waals surface area contributed by atoms with Crippen LogP contribution in [0.5, 0.6) is 0 Å². The zero-order valence-electron chi connectivity index (χ0n) is 12.7. The molecule has 3 rings (SSSR count). The van der Waals surface area contributed by atoms with Crippen molar-refractivity contribution in [2.24, 2.45) is 5.41 Å². The van der Waals surface area contributed by atoms with E-state index in [4.69, 9.17) is 0 Å². The molecular weight excluding hydrogens is 263 g/mol. The normalized spacial score (nSPS) is 22.9. The van der Waals surface area contributed by atoms with Gasteiger partial charge < -0.3 is 5.32 Å². The molecule has 0 amide bonds. The molecule has 2 fully saturated rings. The molecule has 0 radical (unpaired) electrons. The molecule has 0 heterocycles. The maximum Gasteiger partial charge on any atom is 0.125 e. The Hall–Kier alpha value is -1.56. The number of benzene rings is 1. The van der Waals surface area contributed by atoms with Crippen LogP contribution >= 0.6 is 0 Å². The molecule has 0 aliphatic heterocycles. The van der Waals surface area contributed by atoms with Crippen LogP contribution in [0.25, 0.3) is 0 Å². The molecule has 0 unspecified atom stereocenters. The number of nitriles is 1. The van der Waals surface area contributed by atoms with Gasteiger partial charge in [-0.2, -0.15) is 5.26 Å². The first kappa shape index (κ1) is 14.4. The molecule has 0 atom stereocenters. The van der Waals surface area contributed by atoms with Gasteiger partial charge in [-0.05, 0) is 74.6 Å². The van der Waals surface area contributed by atoms with Crippen LogP contribution in [0.2, 0.25) is 0 Å². The van der Waals surface area contributed by atoms with Crippen molar-refractivity contribution in [1.82, 2.24) is 0 Å². The standard InChI is InChI=1S/C18H23FN2/c1-14-10-15(19)12-16(11-14)21-18(13-20)8-6-17(7-9-18)4-2-3-5-17/h10-12,21H,2-9H2,1H3. The fourth-order valence-corrected chi connectivity index (χ4v) is 4.18. The van der Waals surface area contributed by atoms with Crippen LogP contribution < -0.4 is 5.32 Å². The second-order valence-electron chi connectivity index (χ2n) is 7.04. The van der Waals surface area contributed by atoms with Crippen LogP contribution in [0.3, 0.4) is 0 Å². The van der Waals surface area contributed by atoms with Gasteiger partial charge in [0, 0.05) is 5.69 Å². The van der Waals surface area contributed by atoms with Gasteiger partial charge in [0.05, 0.1) is 6.07 Å². The third kappa shape index (κ3) is 2.90. The Morgan fingerprint density at radius 1 is 1.05 bits per heavy atom. The van der Waals surface area contributed by atoms with Gasteiger partial charge in [0.25, 0.3) is 0 Å². The molecule has 1 aromatic rings. The molecular formula is C18H23FN2. The number of halogens is 1. The number of rotatable bonds is 2. The summed E-state index contributed by atoms with van der Waals surface area (Å²) < 4.78 is 13.5. The van der Waals surface area contributed by atoms with Crippen molar-refractivity contribution >= 4 is 5.69 Å². The van der Waals surface area contributed by atoms with Crippen molar-refractivity contribution in [1.29, 1.82) is 5.26 Å². The first-order valence-electron chi connectivity index (χ1n) is 8.02. The third-order valence-corrected chi connectivity index (χ3v) is 5.47. The number of aryl methyl sites for hydroxylation is 1. The predicted molar refractivity (Wildman–Crippen MR) is 82.5 cm³/mol. The Morgan fingerprint density at radius 2 is 1.71 bits per heavy atom. The minimum atomic E-state index is -0.520. The molecule has 21 heavy (non-hydrogen) atoms.